The molecule has 3 rings (SSSR count). The van der Waals surface area contributed by atoms with Gasteiger partial charge in [-0.1, -0.05) is 12.1 Å². The molecule has 1 aliphatic heterocycles. The van der Waals surface area contributed by atoms with E-state index >= 15 is 0 Å². The Labute approximate surface area is 140 Å². The molecule has 1 fully saturated rings. The number of halogens is 1. The predicted octanol–water partition coefficient (Wildman–Crippen LogP) is 2.46. The van der Waals surface area contributed by atoms with Crippen LogP contribution in [-0.2, 0) is 11.3 Å². The minimum Gasteiger partial charge on any atom is -0.352 e. The zero-order valence-corrected chi connectivity index (χ0v) is 13.7. The van der Waals surface area contributed by atoms with Gasteiger partial charge >= 0.3 is 0 Å². The summed E-state index contributed by atoms with van der Waals surface area (Å²) in [6.45, 7) is 3.71. The molecule has 5 nitrogen and oxygen atoms in total. The Morgan fingerprint density at radius 3 is 2.67 bits per heavy atom. The summed E-state index contributed by atoms with van der Waals surface area (Å²) in [5.41, 5.74) is 1.51. The Bertz CT molecular complexity index is 699. The van der Waals surface area contributed by atoms with Crippen LogP contribution in [0.5, 0.6) is 0 Å². The van der Waals surface area contributed by atoms with E-state index in [1.54, 1.807) is 37.5 Å². The van der Waals surface area contributed by atoms with Gasteiger partial charge in [0.2, 0.25) is 11.9 Å². The highest BCUT2D eigenvalue weighted by Crippen LogP contribution is 2.20. The second kappa shape index (κ2) is 7.38. The number of aromatic nitrogens is 2. The maximum Gasteiger partial charge on any atom is 0.225 e. The summed E-state index contributed by atoms with van der Waals surface area (Å²) in [6, 6.07) is 6.71. The van der Waals surface area contributed by atoms with Gasteiger partial charge in [0.25, 0.3) is 0 Å². The van der Waals surface area contributed by atoms with E-state index in [1.165, 1.54) is 6.07 Å². The van der Waals surface area contributed by atoms with E-state index in [0.29, 0.717) is 12.1 Å². The first kappa shape index (κ1) is 16.4. The number of hydrogen-bond acceptors (Lipinski definition) is 4. The number of nitrogens with zero attached hydrogens (tertiary/aromatic N) is 3. The first-order valence-electron chi connectivity index (χ1n) is 8.18. The third kappa shape index (κ3) is 3.88. The number of carbonyl (C=O) groups is 1. The van der Waals surface area contributed by atoms with E-state index in [-0.39, 0.29) is 17.6 Å². The van der Waals surface area contributed by atoms with Crippen molar-refractivity contribution in [2.45, 2.75) is 26.3 Å². The fraction of sp³-hybridized carbons (Fsp3) is 0.389. The molecular weight excluding hydrogens is 307 g/mol. The van der Waals surface area contributed by atoms with Crippen LogP contribution in [0.4, 0.5) is 10.3 Å². The quantitative estimate of drug-likeness (QED) is 0.937. The van der Waals surface area contributed by atoms with Gasteiger partial charge in [-0.2, -0.15) is 0 Å². The first-order chi connectivity index (χ1) is 11.6. The molecule has 0 bridgehead atoms. The third-order valence-corrected chi connectivity index (χ3v) is 4.39. The van der Waals surface area contributed by atoms with Crippen molar-refractivity contribution in [3.8, 4) is 0 Å². The number of carbonyl (C=O) groups excluding carboxylic acids is 1. The monoisotopic (exact) mass is 328 g/mol. The molecule has 126 valence electrons. The van der Waals surface area contributed by atoms with E-state index in [9.17, 15) is 9.18 Å². The van der Waals surface area contributed by atoms with Crippen LogP contribution in [0.15, 0.2) is 36.7 Å². The van der Waals surface area contributed by atoms with Gasteiger partial charge in [-0.25, -0.2) is 14.4 Å². The Morgan fingerprint density at radius 1 is 1.29 bits per heavy atom. The smallest absolute Gasteiger partial charge is 0.225 e. The van der Waals surface area contributed by atoms with Crippen molar-refractivity contribution in [3.63, 3.8) is 0 Å². The molecule has 0 spiro atoms. The van der Waals surface area contributed by atoms with Crippen molar-refractivity contribution in [2.75, 3.05) is 18.0 Å². The fourth-order valence-electron chi connectivity index (χ4n) is 2.95. The minimum atomic E-state index is -0.222. The van der Waals surface area contributed by atoms with Gasteiger partial charge in [-0.15, -0.1) is 0 Å². The van der Waals surface area contributed by atoms with E-state index < -0.39 is 0 Å². The molecular formula is C18H21FN4O. The topological polar surface area (TPSA) is 58.1 Å². The minimum absolute atomic E-state index is 0.00603. The maximum absolute atomic E-state index is 13.3. The van der Waals surface area contributed by atoms with Gasteiger partial charge in [0.15, 0.2) is 0 Å². The van der Waals surface area contributed by atoms with Gasteiger partial charge in [0.05, 0.1) is 0 Å². The van der Waals surface area contributed by atoms with Crippen molar-refractivity contribution in [2.24, 2.45) is 5.92 Å². The number of rotatable bonds is 4. The molecule has 1 amide bonds. The molecule has 2 aromatic rings. The molecule has 0 unspecified atom stereocenters. The summed E-state index contributed by atoms with van der Waals surface area (Å²) in [4.78, 5) is 22.9. The van der Waals surface area contributed by atoms with E-state index in [2.05, 4.69) is 20.2 Å². The van der Waals surface area contributed by atoms with Crippen LogP contribution < -0.4 is 10.2 Å². The van der Waals surface area contributed by atoms with E-state index in [1.807, 2.05) is 0 Å². The molecule has 6 heteroatoms. The Balaban J connectivity index is 1.49. The SMILES string of the molecule is Cc1cc(CNC(=O)C2CCN(c3ncccn3)CC2)ccc1F. The molecule has 1 aromatic carbocycles. The van der Waals surface area contributed by atoms with Crippen LogP contribution in [0, 0.1) is 18.7 Å². The summed E-state index contributed by atoms with van der Waals surface area (Å²) >= 11 is 0. The number of anilines is 1. The zero-order valence-electron chi connectivity index (χ0n) is 13.7. The fourth-order valence-corrected chi connectivity index (χ4v) is 2.95. The lowest BCUT2D eigenvalue weighted by Crippen LogP contribution is -2.41. The molecule has 0 radical (unpaired) electrons. The van der Waals surface area contributed by atoms with Crippen LogP contribution in [-0.4, -0.2) is 29.0 Å². The lowest BCUT2D eigenvalue weighted by Gasteiger charge is -2.31. The van der Waals surface area contributed by atoms with Crippen LogP contribution in [0.1, 0.15) is 24.0 Å². The second-order valence-electron chi connectivity index (χ2n) is 6.11. The summed E-state index contributed by atoms with van der Waals surface area (Å²) in [5, 5.41) is 2.96. The van der Waals surface area contributed by atoms with Gasteiger partial charge in [0.1, 0.15) is 5.82 Å². The average molecular weight is 328 g/mol. The molecule has 0 atom stereocenters. The molecule has 24 heavy (non-hydrogen) atoms. The molecule has 0 saturated carbocycles. The van der Waals surface area contributed by atoms with Crippen LogP contribution >= 0.6 is 0 Å². The highest BCUT2D eigenvalue weighted by Gasteiger charge is 2.25. The Morgan fingerprint density at radius 2 is 2.00 bits per heavy atom. The summed E-state index contributed by atoms with van der Waals surface area (Å²) in [5.74, 6) is 0.566. The predicted molar refractivity (Wildman–Crippen MR) is 90.0 cm³/mol. The van der Waals surface area contributed by atoms with E-state index in [4.69, 9.17) is 0 Å². The lowest BCUT2D eigenvalue weighted by molar-refractivity contribution is -0.125. The Hall–Kier alpha value is -2.50. The lowest BCUT2D eigenvalue weighted by atomic mass is 9.96. The molecule has 1 saturated heterocycles. The van der Waals surface area contributed by atoms with Gasteiger partial charge < -0.3 is 10.2 Å². The van der Waals surface area contributed by atoms with Crippen molar-refractivity contribution in [1.82, 2.24) is 15.3 Å². The standard InChI is InChI=1S/C18H21FN4O/c1-13-11-14(3-4-16(13)19)12-22-17(24)15-5-9-23(10-6-15)18-20-7-2-8-21-18/h2-4,7-8,11,15H,5-6,9-10,12H2,1H3,(H,22,24). The number of piperidine rings is 1. The number of nitrogens with one attached hydrogen (secondary N) is 1. The van der Waals surface area contributed by atoms with Crippen molar-refractivity contribution in [3.05, 3.63) is 53.6 Å². The molecule has 1 aromatic heterocycles. The van der Waals surface area contributed by atoms with E-state index in [0.717, 1.165) is 37.4 Å². The molecule has 0 aliphatic carbocycles. The number of benzene rings is 1. The Kier molecular flexibility index (Phi) is 5.03. The van der Waals surface area contributed by atoms with Crippen LogP contribution in [0.3, 0.4) is 0 Å². The highest BCUT2D eigenvalue weighted by molar-refractivity contribution is 5.78. The largest absolute Gasteiger partial charge is 0.352 e. The zero-order chi connectivity index (χ0) is 16.9. The summed E-state index contributed by atoms with van der Waals surface area (Å²) in [6.07, 6.45) is 5.02. The highest BCUT2D eigenvalue weighted by atomic mass is 19.1. The first-order valence-corrected chi connectivity index (χ1v) is 8.18. The molecule has 2 heterocycles. The molecule has 1 aliphatic rings. The average Bonchev–Trinajstić information content (AvgIpc) is 2.63. The summed E-state index contributed by atoms with van der Waals surface area (Å²) in [7, 11) is 0. The van der Waals surface area contributed by atoms with Gasteiger partial charge in [-0.05, 0) is 43.0 Å². The number of amides is 1. The van der Waals surface area contributed by atoms with Crippen LogP contribution in [0.25, 0.3) is 0 Å². The second-order valence-corrected chi connectivity index (χ2v) is 6.11. The normalized spacial score (nSPS) is 15.3. The van der Waals surface area contributed by atoms with Gasteiger partial charge in [0, 0.05) is 37.9 Å². The third-order valence-electron chi connectivity index (χ3n) is 4.39. The maximum atomic E-state index is 13.3. The van der Waals surface area contributed by atoms with Crippen molar-refractivity contribution >= 4 is 11.9 Å². The molecule has 1 N–H and O–H groups in total. The van der Waals surface area contributed by atoms with Crippen LogP contribution in [0.2, 0.25) is 0 Å². The number of hydrogen-bond donors (Lipinski definition) is 1. The number of aryl methyl sites for hydroxylation is 1. The van der Waals surface area contributed by atoms with Crippen molar-refractivity contribution < 1.29 is 9.18 Å². The van der Waals surface area contributed by atoms with Crippen molar-refractivity contribution in [1.29, 1.82) is 0 Å². The van der Waals surface area contributed by atoms with Gasteiger partial charge in [-0.3, -0.25) is 4.79 Å². The summed E-state index contributed by atoms with van der Waals surface area (Å²) < 4.78 is 13.3.